The quantitative estimate of drug-likeness (QED) is 0.741. The van der Waals surface area contributed by atoms with Crippen molar-refractivity contribution in [1.29, 1.82) is 0 Å². The molecule has 0 bridgehead atoms. The van der Waals surface area contributed by atoms with Crippen molar-refractivity contribution in [2.75, 3.05) is 33.2 Å². The van der Waals surface area contributed by atoms with Crippen molar-refractivity contribution in [2.45, 2.75) is 25.4 Å². The number of amides is 2. The fraction of sp³-hybridized carbons (Fsp3) is 0.588. The third kappa shape index (κ3) is 6.03. The van der Waals surface area contributed by atoms with E-state index in [1.165, 1.54) is 12.8 Å². The van der Waals surface area contributed by atoms with E-state index in [-0.39, 0.29) is 12.6 Å². The Hall–Kier alpha value is -1.59. The van der Waals surface area contributed by atoms with Gasteiger partial charge in [-0.1, -0.05) is 30.3 Å². The summed E-state index contributed by atoms with van der Waals surface area (Å²) in [5, 5.41) is 15.6. The number of piperidine rings is 1. The number of carbonyl (C=O) groups excluding carboxylic acids is 1. The van der Waals surface area contributed by atoms with Crippen LogP contribution in [0.4, 0.5) is 4.79 Å². The number of urea groups is 1. The van der Waals surface area contributed by atoms with Gasteiger partial charge in [0.25, 0.3) is 0 Å². The number of aliphatic hydroxyl groups is 1. The lowest BCUT2D eigenvalue weighted by Gasteiger charge is -2.29. The summed E-state index contributed by atoms with van der Waals surface area (Å²) in [6.45, 7) is 3.15. The molecule has 5 nitrogen and oxygen atoms in total. The van der Waals surface area contributed by atoms with Gasteiger partial charge in [-0.3, -0.25) is 0 Å². The van der Waals surface area contributed by atoms with Crippen molar-refractivity contribution >= 4 is 6.03 Å². The van der Waals surface area contributed by atoms with Gasteiger partial charge in [-0.05, 0) is 37.9 Å². The fourth-order valence-corrected chi connectivity index (χ4v) is 2.91. The fourth-order valence-electron chi connectivity index (χ4n) is 2.91. The third-order valence-electron chi connectivity index (χ3n) is 4.09. The highest BCUT2D eigenvalue weighted by atomic mass is 16.3. The van der Waals surface area contributed by atoms with Crippen molar-refractivity contribution in [2.24, 2.45) is 5.92 Å². The number of carbonyl (C=O) groups is 1. The van der Waals surface area contributed by atoms with Crippen LogP contribution in [0.15, 0.2) is 30.3 Å². The summed E-state index contributed by atoms with van der Waals surface area (Å²) in [5.41, 5.74) is 1.07. The lowest BCUT2D eigenvalue weighted by molar-refractivity contribution is 0.169. The molecule has 1 saturated heterocycles. The Labute approximate surface area is 132 Å². The van der Waals surface area contributed by atoms with Gasteiger partial charge in [0.2, 0.25) is 0 Å². The highest BCUT2D eigenvalue weighted by Crippen LogP contribution is 2.13. The van der Waals surface area contributed by atoms with Gasteiger partial charge in [0.15, 0.2) is 0 Å². The number of likely N-dealkylation sites (tertiary alicyclic amines) is 1. The Morgan fingerprint density at radius 2 is 2.14 bits per heavy atom. The van der Waals surface area contributed by atoms with Crippen molar-refractivity contribution in [3.63, 3.8) is 0 Å². The van der Waals surface area contributed by atoms with E-state index in [1.54, 1.807) is 0 Å². The number of nitrogens with one attached hydrogen (secondary N) is 2. The number of hydrogen-bond donors (Lipinski definition) is 3. The van der Waals surface area contributed by atoms with Crippen LogP contribution in [0.25, 0.3) is 0 Å². The summed E-state index contributed by atoms with van der Waals surface area (Å²) in [6.07, 6.45) is 2.35. The van der Waals surface area contributed by atoms with Crippen LogP contribution in [-0.4, -0.2) is 55.4 Å². The van der Waals surface area contributed by atoms with E-state index in [4.69, 9.17) is 0 Å². The largest absolute Gasteiger partial charge is 0.391 e. The standard InChI is InChI=1S/C17H27N3O2/c1-20-9-5-8-15(13-20)11-18-17(22)19-12-16(21)10-14-6-3-2-4-7-14/h2-4,6-7,15-16,21H,5,8-13H2,1H3,(H2,18,19,22). The van der Waals surface area contributed by atoms with Crippen molar-refractivity contribution < 1.29 is 9.90 Å². The maximum atomic E-state index is 11.8. The molecule has 2 rings (SSSR count). The topological polar surface area (TPSA) is 64.6 Å². The van der Waals surface area contributed by atoms with Gasteiger partial charge in [0, 0.05) is 26.1 Å². The van der Waals surface area contributed by atoms with Crippen LogP contribution in [0, 0.1) is 5.92 Å². The van der Waals surface area contributed by atoms with Crippen LogP contribution in [-0.2, 0) is 6.42 Å². The second-order valence-electron chi connectivity index (χ2n) is 6.20. The number of benzene rings is 1. The summed E-state index contributed by atoms with van der Waals surface area (Å²) in [6, 6.07) is 9.60. The van der Waals surface area contributed by atoms with Crippen LogP contribution >= 0.6 is 0 Å². The van der Waals surface area contributed by atoms with E-state index in [9.17, 15) is 9.90 Å². The van der Waals surface area contributed by atoms with Crippen molar-refractivity contribution in [3.05, 3.63) is 35.9 Å². The van der Waals surface area contributed by atoms with Crippen LogP contribution in [0.1, 0.15) is 18.4 Å². The molecule has 1 heterocycles. The molecule has 1 aliphatic heterocycles. The first-order valence-electron chi connectivity index (χ1n) is 8.05. The molecule has 0 radical (unpaired) electrons. The molecule has 2 unspecified atom stereocenters. The maximum absolute atomic E-state index is 11.8. The zero-order chi connectivity index (χ0) is 15.8. The van der Waals surface area contributed by atoms with Crippen LogP contribution < -0.4 is 10.6 Å². The summed E-state index contributed by atoms with van der Waals surface area (Å²) in [7, 11) is 2.12. The Morgan fingerprint density at radius 3 is 2.86 bits per heavy atom. The van der Waals surface area contributed by atoms with Crippen molar-refractivity contribution in [3.8, 4) is 0 Å². The smallest absolute Gasteiger partial charge is 0.314 e. The molecule has 2 atom stereocenters. The van der Waals surface area contributed by atoms with E-state index >= 15 is 0 Å². The average molecular weight is 305 g/mol. The molecule has 0 aromatic heterocycles. The van der Waals surface area contributed by atoms with Gasteiger partial charge in [-0.2, -0.15) is 0 Å². The molecule has 0 spiro atoms. The molecular formula is C17H27N3O2. The second-order valence-corrected chi connectivity index (χ2v) is 6.20. The minimum atomic E-state index is -0.561. The molecule has 1 aliphatic rings. The predicted molar refractivity (Wildman–Crippen MR) is 87.8 cm³/mol. The lowest BCUT2D eigenvalue weighted by atomic mass is 9.99. The maximum Gasteiger partial charge on any atom is 0.314 e. The van der Waals surface area contributed by atoms with E-state index in [2.05, 4.69) is 22.6 Å². The van der Waals surface area contributed by atoms with E-state index in [1.807, 2.05) is 30.3 Å². The van der Waals surface area contributed by atoms with Gasteiger partial charge >= 0.3 is 6.03 Å². The van der Waals surface area contributed by atoms with Crippen LogP contribution in [0.3, 0.4) is 0 Å². The first-order valence-corrected chi connectivity index (χ1v) is 8.05. The molecule has 3 N–H and O–H groups in total. The van der Waals surface area contributed by atoms with Gasteiger partial charge in [-0.15, -0.1) is 0 Å². The monoisotopic (exact) mass is 305 g/mol. The Balaban J connectivity index is 1.60. The number of rotatable bonds is 6. The first-order chi connectivity index (χ1) is 10.6. The number of hydrogen-bond acceptors (Lipinski definition) is 3. The van der Waals surface area contributed by atoms with Crippen LogP contribution in [0.2, 0.25) is 0 Å². The molecule has 5 heteroatoms. The van der Waals surface area contributed by atoms with Crippen molar-refractivity contribution in [1.82, 2.24) is 15.5 Å². The molecule has 0 saturated carbocycles. The summed E-state index contributed by atoms with van der Waals surface area (Å²) in [4.78, 5) is 14.1. The number of aliphatic hydroxyl groups excluding tert-OH is 1. The highest BCUT2D eigenvalue weighted by molar-refractivity contribution is 5.73. The summed E-state index contributed by atoms with van der Waals surface area (Å²) in [5.74, 6) is 0.527. The third-order valence-corrected chi connectivity index (χ3v) is 4.09. The van der Waals surface area contributed by atoms with Gasteiger partial charge in [0.05, 0.1) is 6.10 Å². The lowest BCUT2D eigenvalue weighted by Crippen LogP contribution is -2.44. The minimum absolute atomic E-state index is 0.194. The minimum Gasteiger partial charge on any atom is -0.391 e. The highest BCUT2D eigenvalue weighted by Gasteiger charge is 2.17. The molecule has 2 amide bonds. The Morgan fingerprint density at radius 1 is 1.36 bits per heavy atom. The van der Waals surface area contributed by atoms with Gasteiger partial charge in [-0.25, -0.2) is 4.79 Å². The second kappa shape index (κ2) is 8.76. The van der Waals surface area contributed by atoms with Crippen LogP contribution in [0.5, 0.6) is 0 Å². The molecule has 122 valence electrons. The molecule has 22 heavy (non-hydrogen) atoms. The normalized spacial score (nSPS) is 20.4. The Bertz CT molecular complexity index is 452. The first kappa shape index (κ1) is 16.8. The SMILES string of the molecule is CN1CCCC(CNC(=O)NCC(O)Cc2ccccc2)C1. The predicted octanol–water partition coefficient (Wildman–Crippen LogP) is 1.23. The van der Waals surface area contributed by atoms with Gasteiger partial charge < -0.3 is 20.6 Å². The zero-order valence-electron chi connectivity index (χ0n) is 13.3. The molecule has 0 aliphatic carbocycles. The number of nitrogens with zero attached hydrogens (tertiary/aromatic N) is 1. The molecule has 1 aromatic carbocycles. The van der Waals surface area contributed by atoms with E-state index in [0.29, 0.717) is 18.9 Å². The average Bonchev–Trinajstić information content (AvgIpc) is 2.52. The van der Waals surface area contributed by atoms with E-state index in [0.717, 1.165) is 18.7 Å². The summed E-state index contributed by atoms with van der Waals surface area (Å²) >= 11 is 0. The van der Waals surface area contributed by atoms with Gasteiger partial charge in [0.1, 0.15) is 0 Å². The Kier molecular flexibility index (Phi) is 6.68. The van der Waals surface area contributed by atoms with E-state index < -0.39 is 6.10 Å². The summed E-state index contributed by atoms with van der Waals surface area (Å²) < 4.78 is 0. The molecular weight excluding hydrogens is 278 g/mol. The molecule has 1 aromatic rings. The molecule has 1 fully saturated rings. The zero-order valence-corrected chi connectivity index (χ0v) is 13.3.